The first kappa shape index (κ1) is 21.2. The standard InChI is InChI=1S/C22H25N9O/c1-32-10-9-24-17-6-8-26-19(12-17)29-20-14-28-22(31-23)21(30-20)27-13-15-4-5-18-16(11-15)3-2-7-25-18/h2-8,11-12,14H,9-10,13,23H2,1H3,(H,28,31)(H3,24,26,27,29,30). The smallest absolute Gasteiger partial charge is 0.183 e. The first-order valence-corrected chi connectivity index (χ1v) is 10.1. The molecule has 0 unspecified atom stereocenters. The van der Waals surface area contributed by atoms with Crippen molar-refractivity contribution < 1.29 is 4.74 Å². The van der Waals surface area contributed by atoms with Gasteiger partial charge in [0.2, 0.25) is 0 Å². The van der Waals surface area contributed by atoms with Crippen molar-refractivity contribution in [3.05, 3.63) is 66.6 Å². The summed E-state index contributed by atoms with van der Waals surface area (Å²) in [5.74, 6) is 7.77. The molecule has 0 fully saturated rings. The van der Waals surface area contributed by atoms with Crippen molar-refractivity contribution in [2.24, 2.45) is 5.84 Å². The topological polar surface area (TPSA) is 135 Å². The molecule has 4 aromatic rings. The number of nitrogens with zero attached hydrogens (tertiary/aromatic N) is 4. The summed E-state index contributed by atoms with van der Waals surface area (Å²) in [5.41, 5.74) is 5.55. The van der Waals surface area contributed by atoms with Crippen LogP contribution in [0, 0.1) is 0 Å². The van der Waals surface area contributed by atoms with E-state index in [4.69, 9.17) is 10.6 Å². The summed E-state index contributed by atoms with van der Waals surface area (Å²) in [6.45, 7) is 1.87. The fourth-order valence-electron chi connectivity index (χ4n) is 3.14. The number of nitrogens with two attached hydrogens (primary N) is 1. The Morgan fingerprint density at radius 2 is 1.88 bits per heavy atom. The summed E-state index contributed by atoms with van der Waals surface area (Å²) < 4.78 is 5.06. The highest BCUT2D eigenvalue weighted by Gasteiger charge is 2.08. The Balaban J connectivity index is 1.46. The van der Waals surface area contributed by atoms with Crippen molar-refractivity contribution >= 4 is 39.9 Å². The fraction of sp³-hybridized carbons (Fsp3) is 0.182. The van der Waals surface area contributed by atoms with Crippen molar-refractivity contribution in [3.63, 3.8) is 0 Å². The normalized spacial score (nSPS) is 10.7. The number of nitrogen functional groups attached to an aromatic ring is 1. The third-order valence-corrected chi connectivity index (χ3v) is 4.69. The minimum atomic E-state index is 0.445. The van der Waals surface area contributed by atoms with Crippen LogP contribution < -0.4 is 27.2 Å². The van der Waals surface area contributed by atoms with Crippen LogP contribution in [0.4, 0.5) is 29.0 Å². The lowest BCUT2D eigenvalue weighted by Gasteiger charge is -2.13. The van der Waals surface area contributed by atoms with E-state index < -0.39 is 0 Å². The van der Waals surface area contributed by atoms with Crippen molar-refractivity contribution in [3.8, 4) is 0 Å². The maximum absolute atomic E-state index is 5.62. The monoisotopic (exact) mass is 431 g/mol. The van der Waals surface area contributed by atoms with Gasteiger partial charge in [-0.1, -0.05) is 12.1 Å². The maximum Gasteiger partial charge on any atom is 0.183 e. The van der Waals surface area contributed by atoms with Crippen molar-refractivity contribution in [2.75, 3.05) is 41.6 Å². The molecule has 0 bridgehead atoms. The Bertz CT molecular complexity index is 1180. The summed E-state index contributed by atoms with van der Waals surface area (Å²) in [6.07, 6.45) is 5.09. The van der Waals surface area contributed by atoms with Crippen LogP contribution in [0.5, 0.6) is 0 Å². The van der Waals surface area contributed by atoms with Crippen molar-refractivity contribution in [2.45, 2.75) is 6.54 Å². The number of rotatable bonds is 10. The van der Waals surface area contributed by atoms with Gasteiger partial charge in [-0.15, -0.1) is 0 Å². The Kier molecular flexibility index (Phi) is 6.85. The lowest BCUT2D eigenvalue weighted by Crippen LogP contribution is -2.14. The van der Waals surface area contributed by atoms with Gasteiger partial charge in [-0.05, 0) is 29.8 Å². The number of ether oxygens (including phenoxy) is 1. The lowest BCUT2D eigenvalue weighted by atomic mass is 10.1. The van der Waals surface area contributed by atoms with Gasteiger partial charge in [-0.3, -0.25) is 4.98 Å². The van der Waals surface area contributed by atoms with Gasteiger partial charge < -0.3 is 26.1 Å². The van der Waals surface area contributed by atoms with Crippen molar-refractivity contribution in [1.29, 1.82) is 0 Å². The zero-order chi connectivity index (χ0) is 22.2. The SMILES string of the molecule is COCCNc1ccnc(Nc2cnc(NN)c(NCc3ccc4ncccc4c3)n2)c1. The number of pyridine rings is 2. The third-order valence-electron chi connectivity index (χ3n) is 4.69. The van der Waals surface area contributed by atoms with Crippen LogP contribution in [0.15, 0.2) is 61.1 Å². The van der Waals surface area contributed by atoms with Gasteiger partial charge in [-0.2, -0.15) is 0 Å². The van der Waals surface area contributed by atoms with Crippen LogP contribution in [-0.4, -0.2) is 40.2 Å². The number of hydrogen-bond donors (Lipinski definition) is 5. The number of fused-ring (bicyclic) bond motifs is 1. The maximum atomic E-state index is 5.62. The van der Waals surface area contributed by atoms with Gasteiger partial charge in [0.05, 0.1) is 18.3 Å². The Hall–Kier alpha value is -4.02. The van der Waals surface area contributed by atoms with E-state index in [-0.39, 0.29) is 0 Å². The molecule has 6 N–H and O–H groups in total. The van der Waals surface area contributed by atoms with E-state index in [2.05, 4.69) is 47.4 Å². The molecule has 164 valence electrons. The second kappa shape index (κ2) is 10.3. The third kappa shape index (κ3) is 5.36. The van der Waals surface area contributed by atoms with E-state index in [1.54, 1.807) is 25.7 Å². The highest BCUT2D eigenvalue weighted by atomic mass is 16.5. The predicted molar refractivity (Wildman–Crippen MR) is 127 cm³/mol. The highest BCUT2D eigenvalue weighted by molar-refractivity contribution is 5.79. The molecule has 0 atom stereocenters. The number of anilines is 5. The van der Waals surface area contributed by atoms with Crippen LogP contribution in [0.1, 0.15) is 5.56 Å². The van der Waals surface area contributed by atoms with Crippen LogP contribution in [0.3, 0.4) is 0 Å². The average Bonchev–Trinajstić information content (AvgIpc) is 2.83. The highest BCUT2D eigenvalue weighted by Crippen LogP contribution is 2.22. The molecule has 0 aliphatic rings. The molecule has 0 spiro atoms. The van der Waals surface area contributed by atoms with Crippen LogP contribution in [0.25, 0.3) is 10.9 Å². The molecule has 10 heteroatoms. The average molecular weight is 432 g/mol. The van der Waals surface area contributed by atoms with E-state index >= 15 is 0 Å². The Morgan fingerprint density at radius 3 is 2.75 bits per heavy atom. The number of nitrogens with one attached hydrogen (secondary N) is 4. The molecular formula is C22H25N9O. The fourth-order valence-corrected chi connectivity index (χ4v) is 3.14. The summed E-state index contributed by atoms with van der Waals surface area (Å²) in [7, 11) is 1.67. The Labute approximate surface area is 185 Å². The second-order valence-corrected chi connectivity index (χ2v) is 6.96. The molecule has 3 aromatic heterocycles. The van der Waals surface area contributed by atoms with Crippen molar-refractivity contribution in [1.82, 2.24) is 19.9 Å². The predicted octanol–water partition coefficient (Wildman–Crippen LogP) is 3.12. The molecule has 0 amide bonds. The first-order chi connectivity index (χ1) is 15.7. The quantitative estimate of drug-likeness (QED) is 0.145. The van der Waals surface area contributed by atoms with Gasteiger partial charge in [-0.25, -0.2) is 20.8 Å². The molecule has 0 radical (unpaired) electrons. The van der Waals surface area contributed by atoms with Crippen LogP contribution >= 0.6 is 0 Å². The molecule has 4 rings (SSSR count). The Morgan fingerprint density at radius 1 is 0.938 bits per heavy atom. The minimum absolute atomic E-state index is 0.445. The molecule has 1 aromatic carbocycles. The van der Waals surface area contributed by atoms with Gasteiger partial charge in [0.15, 0.2) is 17.5 Å². The van der Waals surface area contributed by atoms with Crippen LogP contribution in [0.2, 0.25) is 0 Å². The van der Waals surface area contributed by atoms with Crippen LogP contribution in [-0.2, 0) is 11.3 Å². The number of aromatic nitrogens is 4. The van der Waals surface area contributed by atoms with Gasteiger partial charge >= 0.3 is 0 Å². The summed E-state index contributed by atoms with van der Waals surface area (Å²) >= 11 is 0. The molecule has 10 nitrogen and oxygen atoms in total. The molecule has 32 heavy (non-hydrogen) atoms. The number of benzene rings is 1. The number of hydrogen-bond acceptors (Lipinski definition) is 10. The molecule has 0 aliphatic heterocycles. The van der Waals surface area contributed by atoms with Gasteiger partial charge in [0, 0.05) is 49.7 Å². The first-order valence-electron chi connectivity index (χ1n) is 10.1. The molecule has 0 saturated carbocycles. The lowest BCUT2D eigenvalue weighted by molar-refractivity contribution is 0.211. The van der Waals surface area contributed by atoms with Gasteiger partial charge in [0.1, 0.15) is 5.82 Å². The summed E-state index contributed by atoms with van der Waals surface area (Å²) in [6, 6.07) is 13.9. The van der Waals surface area contributed by atoms with E-state index in [0.29, 0.717) is 43.0 Å². The number of hydrazine groups is 1. The summed E-state index contributed by atoms with van der Waals surface area (Å²) in [5, 5.41) is 10.8. The molecule has 0 aliphatic carbocycles. The summed E-state index contributed by atoms with van der Waals surface area (Å²) in [4.78, 5) is 17.6. The van der Waals surface area contributed by atoms with E-state index in [0.717, 1.165) is 22.2 Å². The zero-order valence-corrected chi connectivity index (χ0v) is 17.7. The second-order valence-electron chi connectivity index (χ2n) is 6.96. The molecule has 3 heterocycles. The minimum Gasteiger partial charge on any atom is -0.383 e. The largest absolute Gasteiger partial charge is 0.383 e. The molecule has 0 saturated heterocycles. The zero-order valence-electron chi connectivity index (χ0n) is 17.7. The van der Waals surface area contributed by atoms with E-state index in [9.17, 15) is 0 Å². The van der Waals surface area contributed by atoms with E-state index in [1.165, 1.54) is 0 Å². The number of methoxy groups -OCH3 is 1. The molecular weight excluding hydrogens is 406 g/mol. The van der Waals surface area contributed by atoms with Gasteiger partial charge in [0.25, 0.3) is 0 Å². The van der Waals surface area contributed by atoms with E-state index in [1.807, 2.05) is 36.4 Å².